The Morgan fingerprint density at radius 2 is 1.74 bits per heavy atom. The summed E-state index contributed by atoms with van der Waals surface area (Å²) in [7, 11) is 1.30. The van der Waals surface area contributed by atoms with Crippen molar-refractivity contribution in [3.8, 4) is 0 Å². The van der Waals surface area contributed by atoms with E-state index in [2.05, 4.69) is 10.4 Å². The molecule has 1 aliphatic rings. The number of anilines is 1. The van der Waals surface area contributed by atoms with Crippen molar-refractivity contribution in [1.29, 1.82) is 0 Å². The fourth-order valence-electron chi connectivity index (χ4n) is 3.94. The number of carbonyl (C=O) groups is 2. The number of ether oxygens (including phenoxy) is 2. The molecule has 1 aliphatic heterocycles. The quantitative estimate of drug-likeness (QED) is 0.350. The predicted molar refractivity (Wildman–Crippen MR) is 126 cm³/mol. The summed E-state index contributed by atoms with van der Waals surface area (Å²) in [6.07, 6.45) is -9.25. The van der Waals surface area contributed by atoms with E-state index < -0.39 is 52.3 Å². The first kappa shape index (κ1) is 29.2. The topological polar surface area (TPSA) is 80.2 Å². The Hall–Kier alpha value is -3.32. The zero-order valence-electron chi connectivity index (χ0n) is 20.0. The van der Waals surface area contributed by atoms with Gasteiger partial charge >= 0.3 is 18.3 Å². The Morgan fingerprint density at radius 1 is 1.08 bits per heavy atom. The number of hydrogen-bond donors (Lipinski definition) is 1. The maximum absolute atomic E-state index is 13.2. The first-order chi connectivity index (χ1) is 17.7. The average molecular weight is 566 g/mol. The second-order valence-corrected chi connectivity index (χ2v) is 8.73. The van der Waals surface area contributed by atoms with Crippen LogP contribution in [0, 0.1) is 5.41 Å². The molecule has 14 heteroatoms. The number of esters is 1. The SMILES string of the molecule is CCOC(=O)C1(COC)CN(CC(=O)Nc2ccc(C(F)(F)F)cc2)N=C1c1ccc(C(F)(F)F)c(Cl)c1. The molecule has 1 atom stereocenters. The Bertz CT molecular complexity index is 1220. The summed E-state index contributed by atoms with van der Waals surface area (Å²) in [6.45, 7) is 0.604. The van der Waals surface area contributed by atoms with E-state index in [4.69, 9.17) is 21.1 Å². The number of benzene rings is 2. The summed E-state index contributed by atoms with van der Waals surface area (Å²) in [5.74, 6) is -1.45. The third kappa shape index (κ3) is 6.38. The summed E-state index contributed by atoms with van der Waals surface area (Å²) >= 11 is 5.88. The summed E-state index contributed by atoms with van der Waals surface area (Å²) in [6, 6.07) is 6.64. The van der Waals surface area contributed by atoms with E-state index in [9.17, 15) is 35.9 Å². The Labute approximate surface area is 218 Å². The van der Waals surface area contributed by atoms with Gasteiger partial charge < -0.3 is 14.8 Å². The lowest BCUT2D eigenvalue weighted by Gasteiger charge is -2.28. The second-order valence-electron chi connectivity index (χ2n) is 8.32. The number of methoxy groups -OCH3 is 1. The van der Waals surface area contributed by atoms with E-state index in [0.29, 0.717) is 0 Å². The van der Waals surface area contributed by atoms with Crippen molar-refractivity contribution >= 4 is 34.9 Å². The normalized spacial score (nSPS) is 17.8. The molecule has 0 saturated heterocycles. The molecule has 1 unspecified atom stereocenters. The van der Waals surface area contributed by atoms with E-state index in [1.807, 2.05) is 0 Å². The molecule has 1 heterocycles. The van der Waals surface area contributed by atoms with Crippen LogP contribution < -0.4 is 5.32 Å². The summed E-state index contributed by atoms with van der Waals surface area (Å²) < 4.78 is 88.4. The molecule has 1 amide bonds. The molecule has 7 nitrogen and oxygen atoms in total. The summed E-state index contributed by atoms with van der Waals surface area (Å²) in [4.78, 5) is 25.7. The Morgan fingerprint density at radius 3 is 2.26 bits per heavy atom. The van der Waals surface area contributed by atoms with Crippen molar-refractivity contribution in [2.24, 2.45) is 10.5 Å². The van der Waals surface area contributed by atoms with Crippen molar-refractivity contribution < 1.29 is 45.4 Å². The minimum absolute atomic E-state index is 0.0141. The molecule has 1 N–H and O–H groups in total. The van der Waals surface area contributed by atoms with Gasteiger partial charge in [0.15, 0.2) is 5.41 Å². The van der Waals surface area contributed by atoms with Gasteiger partial charge in [0.05, 0.1) is 41.6 Å². The molecule has 0 bridgehead atoms. The number of alkyl halides is 6. The molecule has 0 radical (unpaired) electrons. The molecule has 0 saturated carbocycles. The van der Waals surface area contributed by atoms with Crippen LogP contribution in [0.3, 0.4) is 0 Å². The maximum atomic E-state index is 13.2. The first-order valence-electron chi connectivity index (χ1n) is 11.1. The van der Waals surface area contributed by atoms with Crippen molar-refractivity contribution in [3.63, 3.8) is 0 Å². The molecular weight excluding hydrogens is 544 g/mol. The Kier molecular flexibility index (Phi) is 8.62. The number of amides is 1. The number of hydrogen-bond acceptors (Lipinski definition) is 6. The molecule has 0 spiro atoms. The molecule has 38 heavy (non-hydrogen) atoms. The molecule has 2 aromatic rings. The van der Waals surface area contributed by atoms with Gasteiger partial charge in [-0.05, 0) is 43.3 Å². The largest absolute Gasteiger partial charge is 0.465 e. The van der Waals surface area contributed by atoms with Gasteiger partial charge in [-0.15, -0.1) is 0 Å². The lowest BCUT2D eigenvalue weighted by atomic mass is 9.80. The van der Waals surface area contributed by atoms with Gasteiger partial charge in [-0.3, -0.25) is 14.6 Å². The maximum Gasteiger partial charge on any atom is 0.417 e. The highest BCUT2D eigenvalue weighted by molar-refractivity contribution is 6.32. The van der Waals surface area contributed by atoms with Crippen LogP contribution in [-0.4, -0.2) is 56.0 Å². The van der Waals surface area contributed by atoms with E-state index in [-0.39, 0.29) is 36.7 Å². The predicted octanol–water partition coefficient (Wildman–Crippen LogP) is 5.23. The molecule has 0 aromatic heterocycles. The Balaban J connectivity index is 1.91. The minimum Gasteiger partial charge on any atom is -0.465 e. The van der Waals surface area contributed by atoms with E-state index in [1.54, 1.807) is 6.92 Å². The third-order valence-electron chi connectivity index (χ3n) is 5.57. The lowest BCUT2D eigenvalue weighted by molar-refractivity contribution is -0.154. The van der Waals surface area contributed by atoms with Crippen molar-refractivity contribution in [2.45, 2.75) is 19.3 Å². The van der Waals surface area contributed by atoms with E-state index in [0.717, 1.165) is 42.5 Å². The van der Waals surface area contributed by atoms with Crippen LogP contribution in [0.15, 0.2) is 47.6 Å². The summed E-state index contributed by atoms with van der Waals surface area (Å²) in [5.41, 5.74) is -3.42. The number of nitrogens with one attached hydrogen (secondary N) is 1. The van der Waals surface area contributed by atoms with Gasteiger partial charge in [0.1, 0.15) is 6.54 Å². The summed E-state index contributed by atoms with van der Waals surface area (Å²) in [5, 5.41) is 7.32. The zero-order chi connectivity index (χ0) is 28.3. The first-order valence-corrected chi connectivity index (χ1v) is 11.4. The van der Waals surface area contributed by atoms with Crippen LogP contribution in [0.5, 0.6) is 0 Å². The molecule has 0 aliphatic carbocycles. The van der Waals surface area contributed by atoms with Crippen LogP contribution in [0.25, 0.3) is 0 Å². The number of carbonyl (C=O) groups excluding carboxylic acids is 2. The smallest absolute Gasteiger partial charge is 0.417 e. The highest BCUT2D eigenvalue weighted by Crippen LogP contribution is 2.38. The highest BCUT2D eigenvalue weighted by Gasteiger charge is 2.52. The van der Waals surface area contributed by atoms with E-state index in [1.165, 1.54) is 12.1 Å². The van der Waals surface area contributed by atoms with Gasteiger partial charge in [-0.25, -0.2) is 0 Å². The number of rotatable bonds is 8. The molecule has 0 fully saturated rings. The number of hydrazone groups is 1. The number of nitrogens with zero attached hydrogens (tertiary/aromatic N) is 2. The molecule has 206 valence electrons. The molecule has 2 aromatic carbocycles. The van der Waals surface area contributed by atoms with Gasteiger partial charge in [0.25, 0.3) is 0 Å². The molecular formula is C24H22ClF6N3O4. The lowest BCUT2D eigenvalue weighted by Crippen LogP contribution is -2.47. The van der Waals surface area contributed by atoms with Crippen LogP contribution in [0.1, 0.15) is 23.6 Å². The second kappa shape index (κ2) is 11.2. The van der Waals surface area contributed by atoms with Crippen molar-refractivity contribution in [1.82, 2.24) is 5.01 Å². The minimum atomic E-state index is -4.71. The van der Waals surface area contributed by atoms with Gasteiger partial charge in [0, 0.05) is 18.4 Å². The van der Waals surface area contributed by atoms with Crippen LogP contribution in [0.4, 0.5) is 32.0 Å². The van der Waals surface area contributed by atoms with Crippen LogP contribution in [-0.2, 0) is 31.4 Å². The average Bonchev–Trinajstić information content (AvgIpc) is 3.17. The van der Waals surface area contributed by atoms with Gasteiger partial charge in [0.2, 0.25) is 5.91 Å². The van der Waals surface area contributed by atoms with E-state index >= 15 is 0 Å². The van der Waals surface area contributed by atoms with Crippen LogP contribution >= 0.6 is 11.6 Å². The molecule has 3 rings (SSSR count). The fraction of sp³-hybridized carbons (Fsp3) is 0.375. The third-order valence-corrected chi connectivity index (χ3v) is 5.89. The van der Waals surface area contributed by atoms with Crippen molar-refractivity contribution in [2.75, 3.05) is 38.7 Å². The number of halogens is 7. The van der Waals surface area contributed by atoms with Crippen LogP contribution in [0.2, 0.25) is 5.02 Å². The van der Waals surface area contributed by atoms with Gasteiger partial charge in [-0.1, -0.05) is 17.7 Å². The fourth-order valence-corrected chi connectivity index (χ4v) is 4.22. The standard InChI is InChI=1S/C24H22ClF6N3O4/c1-3-38-21(36)22(13-37-2)12-34(11-19(35)32-16-7-5-15(6-8-16)23(26,27)28)33-20(22)14-4-9-17(18(25)10-14)24(29,30)31/h4-10H,3,11-13H2,1-2H3,(H,32,35). The van der Waals surface area contributed by atoms with Crippen molar-refractivity contribution in [3.05, 3.63) is 64.2 Å². The monoisotopic (exact) mass is 565 g/mol. The zero-order valence-corrected chi connectivity index (χ0v) is 20.8. The highest BCUT2D eigenvalue weighted by atomic mass is 35.5. The van der Waals surface area contributed by atoms with Gasteiger partial charge in [-0.2, -0.15) is 31.4 Å².